The Morgan fingerprint density at radius 1 is 1.25 bits per heavy atom. The van der Waals surface area contributed by atoms with Gasteiger partial charge < -0.3 is 4.42 Å². The molecule has 3 nitrogen and oxygen atoms in total. The van der Waals surface area contributed by atoms with Crippen molar-refractivity contribution in [3.8, 4) is 0 Å². The SMILES string of the molecule is CCC(Br)c1nnc(Cc2ccccc2)o1. The molecular formula is C12H13BrN2O. The maximum atomic E-state index is 5.57. The van der Waals surface area contributed by atoms with E-state index in [1.54, 1.807) is 0 Å². The molecule has 1 heterocycles. The quantitative estimate of drug-likeness (QED) is 0.805. The van der Waals surface area contributed by atoms with Crippen LogP contribution in [0.4, 0.5) is 0 Å². The fraction of sp³-hybridized carbons (Fsp3) is 0.333. The minimum Gasteiger partial charge on any atom is -0.424 e. The van der Waals surface area contributed by atoms with Crippen molar-refractivity contribution in [1.29, 1.82) is 0 Å². The molecular weight excluding hydrogens is 268 g/mol. The third kappa shape index (κ3) is 2.70. The summed E-state index contributed by atoms with van der Waals surface area (Å²) >= 11 is 3.49. The first-order valence-corrected chi connectivity index (χ1v) is 6.21. The summed E-state index contributed by atoms with van der Waals surface area (Å²) in [6.45, 7) is 2.07. The van der Waals surface area contributed by atoms with Crippen LogP contribution in [0.1, 0.15) is 35.5 Å². The number of aromatic nitrogens is 2. The standard InChI is InChI=1S/C12H13BrN2O/c1-2-10(13)12-15-14-11(16-12)8-9-6-4-3-5-7-9/h3-7,10H,2,8H2,1H3. The number of benzene rings is 1. The first-order valence-electron chi connectivity index (χ1n) is 5.30. The maximum absolute atomic E-state index is 5.57. The lowest BCUT2D eigenvalue weighted by molar-refractivity contribution is 0.454. The van der Waals surface area contributed by atoms with Crippen LogP contribution in [0.2, 0.25) is 0 Å². The summed E-state index contributed by atoms with van der Waals surface area (Å²) in [6, 6.07) is 10.1. The van der Waals surface area contributed by atoms with E-state index in [1.165, 1.54) is 5.56 Å². The predicted molar refractivity (Wildman–Crippen MR) is 65.5 cm³/mol. The summed E-state index contributed by atoms with van der Waals surface area (Å²) in [5, 5.41) is 8.05. The Labute approximate surface area is 103 Å². The van der Waals surface area contributed by atoms with E-state index < -0.39 is 0 Å². The summed E-state index contributed by atoms with van der Waals surface area (Å²) in [5.74, 6) is 1.33. The average Bonchev–Trinajstić information content (AvgIpc) is 2.78. The van der Waals surface area contributed by atoms with Crippen molar-refractivity contribution in [2.75, 3.05) is 0 Å². The van der Waals surface area contributed by atoms with E-state index in [2.05, 4.69) is 45.2 Å². The van der Waals surface area contributed by atoms with Crippen LogP contribution in [0.15, 0.2) is 34.7 Å². The molecule has 0 aliphatic carbocycles. The second-order valence-electron chi connectivity index (χ2n) is 3.57. The van der Waals surface area contributed by atoms with Crippen molar-refractivity contribution in [1.82, 2.24) is 10.2 Å². The molecule has 0 N–H and O–H groups in total. The molecule has 0 radical (unpaired) electrons. The Morgan fingerprint density at radius 3 is 2.69 bits per heavy atom. The zero-order valence-electron chi connectivity index (χ0n) is 9.06. The van der Waals surface area contributed by atoms with Crippen LogP contribution in [-0.4, -0.2) is 10.2 Å². The molecule has 1 aromatic heterocycles. The first-order chi connectivity index (χ1) is 7.79. The van der Waals surface area contributed by atoms with Gasteiger partial charge in [0.05, 0.1) is 11.2 Å². The van der Waals surface area contributed by atoms with Gasteiger partial charge >= 0.3 is 0 Å². The highest BCUT2D eigenvalue weighted by atomic mass is 79.9. The van der Waals surface area contributed by atoms with Crippen molar-refractivity contribution >= 4 is 15.9 Å². The number of hydrogen-bond acceptors (Lipinski definition) is 3. The zero-order valence-corrected chi connectivity index (χ0v) is 10.6. The molecule has 0 aliphatic heterocycles. The van der Waals surface area contributed by atoms with Crippen molar-refractivity contribution in [3.63, 3.8) is 0 Å². The molecule has 0 bridgehead atoms. The molecule has 16 heavy (non-hydrogen) atoms. The van der Waals surface area contributed by atoms with E-state index in [0.717, 1.165) is 6.42 Å². The monoisotopic (exact) mass is 280 g/mol. The lowest BCUT2D eigenvalue weighted by atomic mass is 10.2. The molecule has 2 aromatic rings. The summed E-state index contributed by atoms with van der Waals surface area (Å²) in [4.78, 5) is 0.157. The lowest BCUT2D eigenvalue weighted by Crippen LogP contribution is -1.87. The molecule has 1 atom stereocenters. The zero-order chi connectivity index (χ0) is 11.4. The van der Waals surface area contributed by atoms with E-state index >= 15 is 0 Å². The van der Waals surface area contributed by atoms with Gasteiger partial charge in [0.25, 0.3) is 0 Å². The number of alkyl halides is 1. The molecule has 0 saturated heterocycles. The van der Waals surface area contributed by atoms with E-state index in [4.69, 9.17) is 4.42 Å². The number of rotatable bonds is 4. The van der Waals surface area contributed by atoms with Gasteiger partial charge in [-0.1, -0.05) is 53.2 Å². The summed E-state index contributed by atoms with van der Waals surface area (Å²) in [6.07, 6.45) is 1.63. The third-order valence-electron chi connectivity index (χ3n) is 2.31. The van der Waals surface area contributed by atoms with Crippen LogP contribution in [0.3, 0.4) is 0 Å². The number of nitrogens with zero attached hydrogens (tertiary/aromatic N) is 2. The molecule has 0 amide bonds. The topological polar surface area (TPSA) is 38.9 Å². The Morgan fingerprint density at radius 2 is 2.00 bits per heavy atom. The van der Waals surface area contributed by atoms with E-state index in [0.29, 0.717) is 18.2 Å². The van der Waals surface area contributed by atoms with Crippen molar-refractivity contribution < 1.29 is 4.42 Å². The number of hydrogen-bond donors (Lipinski definition) is 0. The van der Waals surface area contributed by atoms with Crippen LogP contribution in [0.25, 0.3) is 0 Å². The van der Waals surface area contributed by atoms with E-state index in [9.17, 15) is 0 Å². The highest BCUT2D eigenvalue weighted by molar-refractivity contribution is 9.09. The first kappa shape index (κ1) is 11.3. The van der Waals surface area contributed by atoms with Gasteiger partial charge in [-0.15, -0.1) is 10.2 Å². The van der Waals surface area contributed by atoms with Gasteiger partial charge in [-0.25, -0.2) is 0 Å². The normalized spacial score (nSPS) is 12.6. The van der Waals surface area contributed by atoms with E-state index in [1.807, 2.05) is 18.2 Å². The maximum Gasteiger partial charge on any atom is 0.230 e. The third-order valence-corrected chi connectivity index (χ3v) is 3.35. The minimum atomic E-state index is 0.157. The molecule has 0 spiro atoms. The van der Waals surface area contributed by atoms with Gasteiger partial charge in [-0.2, -0.15) is 0 Å². The Bertz CT molecular complexity index is 441. The molecule has 1 aromatic carbocycles. The Kier molecular flexibility index (Phi) is 3.72. The van der Waals surface area contributed by atoms with Crippen LogP contribution in [-0.2, 0) is 6.42 Å². The second-order valence-corrected chi connectivity index (χ2v) is 4.68. The molecule has 84 valence electrons. The smallest absolute Gasteiger partial charge is 0.230 e. The highest BCUT2D eigenvalue weighted by Gasteiger charge is 2.13. The van der Waals surface area contributed by atoms with Gasteiger partial charge in [0, 0.05) is 0 Å². The lowest BCUT2D eigenvalue weighted by Gasteiger charge is -1.98. The van der Waals surface area contributed by atoms with Crippen LogP contribution in [0, 0.1) is 0 Å². The molecule has 0 aliphatic rings. The van der Waals surface area contributed by atoms with Gasteiger partial charge in [-0.3, -0.25) is 0 Å². The van der Waals surface area contributed by atoms with Crippen LogP contribution in [0.5, 0.6) is 0 Å². The van der Waals surface area contributed by atoms with Crippen LogP contribution >= 0.6 is 15.9 Å². The fourth-order valence-corrected chi connectivity index (χ4v) is 1.59. The van der Waals surface area contributed by atoms with Crippen molar-refractivity contribution in [2.24, 2.45) is 0 Å². The second kappa shape index (κ2) is 5.25. The van der Waals surface area contributed by atoms with Gasteiger partial charge in [0.1, 0.15) is 0 Å². The molecule has 2 rings (SSSR count). The molecule has 4 heteroatoms. The summed E-state index contributed by atoms with van der Waals surface area (Å²) < 4.78 is 5.57. The largest absolute Gasteiger partial charge is 0.424 e. The molecule has 0 fully saturated rings. The van der Waals surface area contributed by atoms with Crippen molar-refractivity contribution in [2.45, 2.75) is 24.6 Å². The minimum absolute atomic E-state index is 0.157. The summed E-state index contributed by atoms with van der Waals surface area (Å²) in [5.41, 5.74) is 1.18. The van der Waals surface area contributed by atoms with Crippen molar-refractivity contribution in [3.05, 3.63) is 47.7 Å². The summed E-state index contributed by atoms with van der Waals surface area (Å²) in [7, 11) is 0. The Balaban J connectivity index is 2.09. The highest BCUT2D eigenvalue weighted by Crippen LogP contribution is 2.24. The average molecular weight is 281 g/mol. The van der Waals surface area contributed by atoms with Gasteiger partial charge in [0.2, 0.25) is 11.8 Å². The fourth-order valence-electron chi connectivity index (χ4n) is 1.41. The van der Waals surface area contributed by atoms with Gasteiger partial charge in [0.15, 0.2) is 0 Å². The van der Waals surface area contributed by atoms with Gasteiger partial charge in [-0.05, 0) is 12.0 Å². The van der Waals surface area contributed by atoms with E-state index in [-0.39, 0.29) is 4.83 Å². The molecule has 1 unspecified atom stereocenters. The number of halogens is 1. The predicted octanol–water partition coefficient (Wildman–Crippen LogP) is 3.51. The van der Waals surface area contributed by atoms with Crippen LogP contribution < -0.4 is 0 Å². The Hall–Kier alpha value is -1.16. The molecule has 0 saturated carbocycles.